The van der Waals surface area contributed by atoms with Gasteiger partial charge in [-0.05, 0) is 19.9 Å². The van der Waals surface area contributed by atoms with Gasteiger partial charge in [0.05, 0.1) is 17.8 Å². The molecule has 0 atom stereocenters. The number of pyridine rings is 1. The molecule has 9 nitrogen and oxygen atoms in total. The van der Waals surface area contributed by atoms with E-state index in [4.69, 9.17) is 4.52 Å². The fraction of sp³-hybridized carbons (Fsp3) is 0.267. The molecule has 3 aromatic rings. The highest BCUT2D eigenvalue weighted by molar-refractivity contribution is 5.96. The van der Waals surface area contributed by atoms with E-state index in [1.54, 1.807) is 24.7 Å². The molecule has 124 valence electrons. The Bertz CT molecular complexity index is 952. The predicted octanol–water partition coefficient (Wildman–Crippen LogP) is 0.705. The molecule has 3 heterocycles. The van der Waals surface area contributed by atoms with Crippen LogP contribution in [0.1, 0.15) is 27.6 Å². The van der Waals surface area contributed by atoms with E-state index in [1.807, 2.05) is 6.92 Å². The normalized spacial score (nSPS) is 10.8. The summed E-state index contributed by atoms with van der Waals surface area (Å²) in [4.78, 5) is 30.3. The number of aromatic amines is 1. The second-order valence-corrected chi connectivity index (χ2v) is 5.31. The molecule has 9 heteroatoms. The molecular formula is C15H16N6O3. The number of carbonyl (C=O) groups is 1. The first-order valence-corrected chi connectivity index (χ1v) is 7.26. The Kier molecular flexibility index (Phi) is 3.98. The summed E-state index contributed by atoms with van der Waals surface area (Å²) in [7, 11) is 1.78. The summed E-state index contributed by atoms with van der Waals surface area (Å²) in [5.74, 6) is 0.283. The molecule has 0 saturated heterocycles. The zero-order chi connectivity index (χ0) is 17.3. The molecule has 0 radical (unpaired) electrons. The van der Waals surface area contributed by atoms with E-state index < -0.39 is 0 Å². The predicted molar refractivity (Wildman–Crippen MR) is 84.2 cm³/mol. The summed E-state index contributed by atoms with van der Waals surface area (Å²) >= 11 is 0. The Morgan fingerprint density at radius 1 is 1.42 bits per heavy atom. The topological polar surface area (TPSA) is 119 Å². The van der Waals surface area contributed by atoms with Crippen LogP contribution >= 0.6 is 0 Å². The van der Waals surface area contributed by atoms with Crippen LogP contribution in [0.15, 0.2) is 27.6 Å². The Morgan fingerprint density at radius 2 is 2.21 bits per heavy atom. The van der Waals surface area contributed by atoms with Crippen molar-refractivity contribution in [2.24, 2.45) is 7.05 Å². The van der Waals surface area contributed by atoms with Crippen molar-refractivity contribution >= 4 is 5.91 Å². The first kappa shape index (κ1) is 15.7. The summed E-state index contributed by atoms with van der Waals surface area (Å²) < 4.78 is 6.76. The first-order chi connectivity index (χ1) is 11.5. The van der Waals surface area contributed by atoms with E-state index in [0.717, 1.165) is 5.69 Å². The number of aromatic nitrogens is 5. The van der Waals surface area contributed by atoms with Crippen LogP contribution in [0.5, 0.6) is 0 Å². The lowest BCUT2D eigenvalue weighted by atomic mass is 10.2. The van der Waals surface area contributed by atoms with Gasteiger partial charge in [-0.2, -0.15) is 10.1 Å². The minimum atomic E-state index is -0.256. The zero-order valence-corrected chi connectivity index (χ0v) is 13.5. The van der Waals surface area contributed by atoms with Gasteiger partial charge in [-0.1, -0.05) is 5.16 Å². The minimum absolute atomic E-state index is 0.0861. The standard InChI is InChI=1S/C15H16N6O3/c1-8-13(9(2)21(3)19-8)15(23)17-7-12-18-14(20-24-12)10-4-5-16-11(22)6-10/h4-6H,7H2,1-3H3,(H,16,22)(H,17,23). The average molecular weight is 328 g/mol. The van der Waals surface area contributed by atoms with Crippen LogP contribution in [0, 0.1) is 13.8 Å². The van der Waals surface area contributed by atoms with Crippen molar-refractivity contribution in [2.45, 2.75) is 20.4 Å². The van der Waals surface area contributed by atoms with Gasteiger partial charge in [-0.3, -0.25) is 14.3 Å². The molecule has 0 fully saturated rings. The number of rotatable bonds is 4. The molecule has 0 aliphatic rings. The lowest BCUT2D eigenvalue weighted by Crippen LogP contribution is -2.24. The van der Waals surface area contributed by atoms with Crippen molar-refractivity contribution in [2.75, 3.05) is 0 Å². The van der Waals surface area contributed by atoms with Crippen molar-refractivity contribution in [3.05, 3.63) is 51.5 Å². The van der Waals surface area contributed by atoms with Crippen LogP contribution in [-0.4, -0.2) is 30.8 Å². The molecule has 3 rings (SSSR count). The molecule has 0 bridgehead atoms. The van der Waals surface area contributed by atoms with E-state index in [0.29, 0.717) is 22.6 Å². The lowest BCUT2D eigenvalue weighted by Gasteiger charge is -2.02. The van der Waals surface area contributed by atoms with Crippen LogP contribution in [0.4, 0.5) is 0 Å². The molecule has 2 N–H and O–H groups in total. The highest BCUT2D eigenvalue weighted by Crippen LogP contribution is 2.14. The zero-order valence-electron chi connectivity index (χ0n) is 13.5. The fourth-order valence-electron chi connectivity index (χ4n) is 2.37. The molecule has 0 unspecified atom stereocenters. The monoisotopic (exact) mass is 328 g/mol. The highest BCUT2D eigenvalue weighted by Gasteiger charge is 2.18. The SMILES string of the molecule is Cc1nn(C)c(C)c1C(=O)NCc1nc(-c2cc[nH]c(=O)c2)no1. The largest absolute Gasteiger partial charge is 0.343 e. The second kappa shape index (κ2) is 6.11. The fourth-order valence-corrected chi connectivity index (χ4v) is 2.37. The van der Waals surface area contributed by atoms with Crippen LogP contribution in [-0.2, 0) is 13.6 Å². The van der Waals surface area contributed by atoms with Gasteiger partial charge in [0, 0.05) is 30.6 Å². The van der Waals surface area contributed by atoms with E-state index in [1.165, 1.54) is 12.3 Å². The van der Waals surface area contributed by atoms with Crippen molar-refractivity contribution in [3.8, 4) is 11.4 Å². The van der Waals surface area contributed by atoms with Gasteiger partial charge in [0.1, 0.15) is 0 Å². The molecule has 0 aromatic carbocycles. The van der Waals surface area contributed by atoms with Crippen molar-refractivity contribution in [3.63, 3.8) is 0 Å². The Hall–Kier alpha value is -3.23. The number of hydrogen-bond donors (Lipinski definition) is 2. The number of nitrogens with one attached hydrogen (secondary N) is 2. The van der Waals surface area contributed by atoms with E-state index in [2.05, 4.69) is 25.5 Å². The van der Waals surface area contributed by atoms with Crippen molar-refractivity contribution < 1.29 is 9.32 Å². The van der Waals surface area contributed by atoms with E-state index in [-0.39, 0.29) is 23.9 Å². The van der Waals surface area contributed by atoms with Crippen molar-refractivity contribution in [1.29, 1.82) is 0 Å². The Balaban J connectivity index is 1.72. The van der Waals surface area contributed by atoms with Gasteiger partial charge in [0.25, 0.3) is 5.91 Å². The van der Waals surface area contributed by atoms with Gasteiger partial charge >= 0.3 is 0 Å². The summed E-state index contributed by atoms with van der Waals surface area (Å²) in [6.07, 6.45) is 1.50. The molecular weight excluding hydrogens is 312 g/mol. The van der Waals surface area contributed by atoms with Gasteiger partial charge in [-0.25, -0.2) is 0 Å². The van der Waals surface area contributed by atoms with E-state index >= 15 is 0 Å². The number of carbonyl (C=O) groups excluding carboxylic acids is 1. The third-order valence-electron chi connectivity index (χ3n) is 3.64. The van der Waals surface area contributed by atoms with Crippen LogP contribution in [0.3, 0.4) is 0 Å². The van der Waals surface area contributed by atoms with Gasteiger partial charge in [-0.15, -0.1) is 0 Å². The van der Waals surface area contributed by atoms with Crippen molar-refractivity contribution in [1.82, 2.24) is 30.2 Å². The summed E-state index contributed by atoms with van der Waals surface area (Å²) in [6.45, 7) is 3.69. The summed E-state index contributed by atoms with van der Waals surface area (Å²) in [5.41, 5.74) is 2.25. The Morgan fingerprint density at radius 3 is 2.88 bits per heavy atom. The molecule has 0 aliphatic heterocycles. The Labute approximate surface area is 136 Å². The average Bonchev–Trinajstić information content (AvgIpc) is 3.10. The molecule has 24 heavy (non-hydrogen) atoms. The number of H-pyrrole nitrogens is 1. The maximum absolute atomic E-state index is 12.3. The molecule has 0 saturated carbocycles. The van der Waals surface area contributed by atoms with Crippen LogP contribution < -0.4 is 10.9 Å². The van der Waals surface area contributed by atoms with Crippen LogP contribution in [0.25, 0.3) is 11.4 Å². The van der Waals surface area contributed by atoms with E-state index in [9.17, 15) is 9.59 Å². The number of aryl methyl sites for hydroxylation is 2. The second-order valence-electron chi connectivity index (χ2n) is 5.31. The third-order valence-corrected chi connectivity index (χ3v) is 3.64. The maximum atomic E-state index is 12.3. The van der Waals surface area contributed by atoms with Gasteiger partial charge < -0.3 is 14.8 Å². The number of amides is 1. The first-order valence-electron chi connectivity index (χ1n) is 7.26. The van der Waals surface area contributed by atoms with Gasteiger partial charge in [0.15, 0.2) is 0 Å². The number of hydrogen-bond acceptors (Lipinski definition) is 6. The lowest BCUT2D eigenvalue weighted by molar-refractivity contribution is 0.0945. The minimum Gasteiger partial charge on any atom is -0.343 e. The maximum Gasteiger partial charge on any atom is 0.255 e. The summed E-state index contributed by atoms with van der Waals surface area (Å²) in [6, 6.07) is 3.03. The quantitative estimate of drug-likeness (QED) is 0.728. The number of nitrogens with zero attached hydrogens (tertiary/aromatic N) is 4. The highest BCUT2D eigenvalue weighted by atomic mass is 16.5. The summed E-state index contributed by atoms with van der Waals surface area (Å²) in [5, 5.41) is 10.8. The third kappa shape index (κ3) is 2.96. The molecule has 0 spiro atoms. The molecule has 1 amide bonds. The van der Waals surface area contributed by atoms with Gasteiger partial charge in [0.2, 0.25) is 17.3 Å². The smallest absolute Gasteiger partial charge is 0.255 e. The molecule has 0 aliphatic carbocycles. The molecule has 3 aromatic heterocycles. The van der Waals surface area contributed by atoms with Crippen LogP contribution in [0.2, 0.25) is 0 Å².